The fraction of sp³-hybridized carbons (Fsp3) is 0.462. The highest BCUT2D eigenvalue weighted by atomic mass is 32.2. The van der Waals surface area contributed by atoms with Gasteiger partial charge in [0.2, 0.25) is 5.91 Å². The molecule has 0 radical (unpaired) electrons. The van der Waals surface area contributed by atoms with Gasteiger partial charge >= 0.3 is 5.97 Å². The van der Waals surface area contributed by atoms with E-state index in [0.717, 1.165) is 42.5 Å². The molecule has 0 aliphatic heterocycles. The van der Waals surface area contributed by atoms with E-state index in [1.54, 1.807) is 12.1 Å². The number of aromatic nitrogens is 3. The van der Waals surface area contributed by atoms with E-state index in [1.807, 2.05) is 18.4 Å². The number of carbonyl (C=O) groups excluding carboxylic acids is 2. The molecule has 1 unspecified atom stereocenters. The summed E-state index contributed by atoms with van der Waals surface area (Å²) in [6.45, 7) is 4.40. The molecule has 2 heterocycles. The second-order valence-corrected chi connectivity index (χ2v) is 10.8. The Bertz CT molecular complexity index is 1240. The minimum Gasteiger partial charge on any atom is -0.483 e. The van der Waals surface area contributed by atoms with Crippen LogP contribution in [0.25, 0.3) is 0 Å². The first-order valence-electron chi connectivity index (χ1n) is 12.4. The number of thioether (sulfide) groups is 1. The van der Waals surface area contributed by atoms with Gasteiger partial charge in [0.05, 0.1) is 18.4 Å². The summed E-state index contributed by atoms with van der Waals surface area (Å²) in [6, 6.07) is 5.80. The standard InChI is InChI=1S/C26H31FN4O4S2/c1-4-31-23(16(2)35-18-13-11-17(27)12-14-18)29-30-26(31)36-15-21(32)28-24-22(25(33)34-3)19-9-7-5-6-8-10-20(19)37-24/h11-14,16H,4-10,15H2,1-3H3,(H,28,32). The Morgan fingerprint density at radius 3 is 2.59 bits per heavy atom. The van der Waals surface area contributed by atoms with Crippen molar-refractivity contribution in [3.63, 3.8) is 0 Å². The zero-order valence-corrected chi connectivity index (χ0v) is 22.8. The van der Waals surface area contributed by atoms with Gasteiger partial charge in [0, 0.05) is 11.4 Å². The Balaban J connectivity index is 1.44. The van der Waals surface area contributed by atoms with E-state index in [4.69, 9.17) is 9.47 Å². The summed E-state index contributed by atoms with van der Waals surface area (Å²) in [5.41, 5.74) is 1.51. The zero-order chi connectivity index (χ0) is 26.4. The molecule has 2 aromatic heterocycles. The van der Waals surface area contributed by atoms with E-state index in [2.05, 4.69) is 15.5 Å². The molecule has 4 rings (SSSR count). The predicted molar refractivity (Wildman–Crippen MR) is 142 cm³/mol. The Hall–Kier alpha value is -2.92. The summed E-state index contributed by atoms with van der Waals surface area (Å²) < 4.78 is 26.0. The number of nitrogens with one attached hydrogen (secondary N) is 1. The maximum Gasteiger partial charge on any atom is 0.341 e. The van der Waals surface area contributed by atoms with Crippen LogP contribution < -0.4 is 10.1 Å². The Morgan fingerprint density at radius 1 is 1.16 bits per heavy atom. The molecule has 0 spiro atoms. The van der Waals surface area contributed by atoms with Crippen LogP contribution in [0.1, 0.15) is 72.3 Å². The number of benzene rings is 1. The highest BCUT2D eigenvalue weighted by Crippen LogP contribution is 2.37. The first kappa shape index (κ1) is 27.1. The molecule has 37 heavy (non-hydrogen) atoms. The number of ether oxygens (including phenoxy) is 2. The van der Waals surface area contributed by atoms with Crippen LogP contribution in [0.3, 0.4) is 0 Å². The molecule has 0 fully saturated rings. The monoisotopic (exact) mass is 546 g/mol. The number of amides is 1. The number of fused-ring (bicyclic) bond motifs is 1. The first-order valence-corrected chi connectivity index (χ1v) is 14.2. The number of halogens is 1. The van der Waals surface area contributed by atoms with E-state index < -0.39 is 12.1 Å². The topological polar surface area (TPSA) is 95.3 Å². The second kappa shape index (κ2) is 12.6. The number of anilines is 1. The molecule has 198 valence electrons. The van der Waals surface area contributed by atoms with Gasteiger partial charge in [-0.15, -0.1) is 21.5 Å². The van der Waals surface area contributed by atoms with Crippen LogP contribution in [0.5, 0.6) is 5.75 Å². The highest BCUT2D eigenvalue weighted by Gasteiger charge is 2.26. The lowest BCUT2D eigenvalue weighted by Gasteiger charge is -2.15. The number of aryl methyl sites for hydroxylation is 1. The molecule has 1 atom stereocenters. The molecule has 1 aromatic carbocycles. The molecular weight excluding hydrogens is 515 g/mol. The minimum absolute atomic E-state index is 0.106. The number of hydrogen-bond acceptors (Lipinski definition) is 8. The molecule has 8 nitrogen and oxygen atoms in total. The van der Waals surface area contributed by atoms with Crippen molar-refractivity contribution in [2.75, 3.05) is 18.2 Å². The summed E-state index contributed by atoms with van der Waals surface area (Å²) in [4.78, 5) is 26.7. The van der Waals surface area contributed by atoms with Crippen LogP contribution >= 0.6 is 23.1 Å². The van der Waals surface area contributed by atoms with E-state index in [0.29, 0.717) is 33.8 Å². The van der Waals surface area contributed by atoms with Crippen molar-refractivity contribution < 1.29 is 23.5 Å². The van der Waals surface area contributed by atoms with Crippen molar-refractivity contribution in [2.24, 2.45) is 0 Å². The van der Waals surface area contributed by atoms with E-state index in [-0.39, 0.29) is 17.5 Å². The van der Waals surface area contributed by atoms with Crippen molar-refractivity contribution in [2.45, 2.75) is 70.2 Å². The van der Waals surface area contributed by atoms with E-state index in [1.165, 1.54) is 48.8 Å². The molecule has 1 N–H and O–H groups in total. The maximum atomic E-state index is 13.2. The van der Waals surface area contributed by atoms with Crippen molar-refractivity contribution in [1.29, 1.82) is 0 Å². The van der Waals surface area contributed by atoms with Gasteiger partial charge < -0.3 is 19.4 Å². The van der Waals surface area contributed by atoms with Crippen molar-refractivity contribution in [3.8, 4) is 5.75 Å². The van der Waals surface area contributed by atoms with Crippen LogP contribution in [-0.4, -0.2) is 39.5 Å². The number of rotatable bonds is 9. The third-order valence-electron chi connectivity index (χ3n) is 6.20. The maximum absolute atomic E-state index is 13.2. The van der Waals surface area contributed by atoms with Crippen LogP contribution in [-0.2, 0) is 28.9 Å². The second-order valence-electron chi connectivity index (χ2n) is 8.75. The van der Waals surface area contributed by atoms with Gasteiger partial charge in [-0.1, -0.05) is 24.6 Å². The fourth-order valence-corrected chi connectivity index (χ4v) is 6.50. The predicted octanol–water partition coefficient (Wildman–Crippen LogP) is 5.82. The summed E-state index contributed by atoms with van der Waals surface area (Å²) in [5, 5.41) is 12.6. The Labute approximate surface area is 224 Å². The van der Waals surface area contributed by atoms with Crippen molar-refractivity contribution >= 4 is 40.0 Å². The molecular formula is C26H31FN4O4S2. The molecule has 0 saturated heterocycles. The van der Waals surface area contributed by atoms with Gasteiger partial charge in [-0.3, -0.25) is 4.79 Å². The number of esters is 1. The molecule has 0 saturated carbocycles. The van der Waals surface area contributed by atoms with E-state index >= 15 is 0 Å². The van der Waals surface area contributed by atoms with Gasteiger partial charge in [0.1, 0.15) is 16.6 Å². The quantitative estimate of drug-likeness (QED) is 0.267. The SMILES string of the molecule is CCn1c(SCC(=O)Nc2sc3c(c2C(=O)OC)CCCCCC3)nnc1C(C)Oc1ccc(F)cc1. The normalized spacial score (nSPS) is 14.3. The average molecular weight is 547 g/mol. The summed E-state index contributed by atoms with van der Waals surface area (Å²) in [6.07, 6.45) is 5.73. The highest BCUT2D eigenvalue weighted by molar-refractivity contribution is 7.99. The smallest absolute Gasteiger partial charge is 0.341 e. The van der Waals surface area contributed by atoms with Crippen LogP contribution in [0.4, 0.5) is 9.39 Å². The lowest BCUT2D eigenvalue weighted by molar-refractivity contribution is -0.113. The average Bonchev–Trinajstić information content (AvgIpc) is 3.44. The van der Waals surface area contributed by atoms with Crippen LogP contribution in [0, 0.1) is 5.82 Å². The van der Waals surface area contributed by atoms with Crippen molar-refractivity contribution in [3.05, 3.63) is 51.9 Å². The number of methoxy groups -OCH3 is 1. The lowest BCUT2D eigenvalue weighted by Crippen LogP contribution is -2.17. The largest absolute Gasteiger partial charge is 0.483 e. The summed E-state index contributed by atoms with van der Waals surface area (Å²) in [7, 11) is 1.37. The summed E-state index contributed by atoms with van der Waals surface area (Å²) in [5.74, 6) is 0.273. The number of carbonyl (C=O) groups is 2. The Morgan fingerprint density at radius 2 is 1.89 bits per heavy atom. The third kappa shape index (κ3) is 6.51. The molecule has 0 bridgehead atoms. The molecule has 1 amide bonds. The number of thiophene rings is 1. The lowest BCUT2D eigenvalue weighted by atomic mass is 9.96. The molecule has 1 aliphatic carbocycles. The summed E-state index contributed by atoms with van der Waals surface area (Å²) >= 11 is 2.75. The number of nitrogens with zero attached hydrogens (tertiary/aromatic N) is 3. The van der Waals surface area contributed by atoms with E-state index in [9.17, 15) is 14.0 Å². The van der Waals surface area contributed by atoms with Gasteiger partial charge in [-0.25, -0.2) is 9.18 Å². The van der Waals surface area contributed by atoms with Gasteiger partial charge in [-0.2, -0.15) is 0 Å². The van der Waals surface area contributed by atoms with Crippen LogP contribution in [0.2, 0.25) is 0 Å². The van der Waals surface area contributed by atoms with Crippen LogP contribution in [0.15, 0.2) is 29.4 Å². The molecule has 1 aliphatic rings. The fourth-order valence-electron chi connectivity index (χ4n) is 4.39. The van der Waals surface area contributed by atoms with Gasteiger partial charge in [0.15, 0.2) is 17.1 Å². The number of hydrogen-bond donors (Lipinski definition) is 1. The van der Waals surface area contributed by atoms with Gasteiger partial charge in [0.25, 0.3) is 0 Å². The first-order chi connectivity index (χ1) is 17.9. The molecule has 3 aromatic rings. The van der Waals surface area contributed by atoms with Gasteiger partial charge in [-0.05, 0) is 69.4 Å². The molecule has 11 heteroatoms. The third-order valence-corrected chi connectivity index (χ3v) is 8.37. The Kier molecular flexibility index (Phi) is 9.20. The zero-order valence-electron chi connectivity index (χ0n) is 21.2. The minimum atomic E-state index is -0.422. The van der Waals surface area contributed by atoms with Crippen molar-refractivity contribution in [1.82, 2.24) is 14.8 Å².